The van der Waals surface area contributed by atoms with E-state index in [1.165, 1.54) is 0 Å². The summed E-state index contributed by atoms with van der Waals surface area (Å²) in [5.74, 6) is 1.84. The highest BCUT2D eigenvalue weighted by Gasteiger charge is 2.28. The molecule has 0 bridgehead atoms. The number of anilines is 4. The summed E-state index contributed by atoms with van der Waals surface area (Å²) < 4.78 is 11.3. The van der Waals surface area contributed by atoms with E-state index < -0.39 is 0 Å². The summed E-state index contributed by atoms with van der Waals surface area (Å²) in [7, 11) is 4.17. The van der Waals surface area contributed by atoms with Crippen LogP contribution in [-0.4, -0.2) is 122 Å². The molecule has 2 unspecified atom stereocenters. The van der Waals surface area contributed by atoms with Crippen LogP contribution in [0.2, 0.25) is 0 Å². The van der Waals surface area contributed by atoms with Crippen LogP contribution < -0.4 is 20.4 Å². The predicted octanol–water partition coefficient (Wildman–Crippen LogP) is 3.80. The van der Waals surface area contributed by atoms with Gasteiger partial charge in [-0.2, -0.15) is 15.0 Å². The van der Waals surface area contributed by atoms with Gasteiger partial charge >= 0.3 is 6.03 Å². The molecule has 13 nitrogen and oxygen atoms in total. The van der Waals surface area contributed by atoms with Crippen LogP contribution in [0.1, 0.15) is 37.0 Å². The number of rotatable bonds is 7. The van der Waals surface area contributed by atoms with Crippen LogP contribution in [0, 0.1) is 0 Å². The summed E-state index contributed by atoms with van der Waals surface area (Å²) in [6.45, 7) is 9.59. The highest BCUT2D eigenvalue weighted by Crippen LogP contribution is 2.26. The Hall–Kier alpha value is -4.33. The van der Waals surface area contributed by atoms with Gasteiger partial charge in [0.25, 0.3) is 5.91 Å². The highest BCUT2D eigenvalue weighted by atomic mass is 16.5. The van der Waals surface area contributed by atoms with Gasteiger partial charge in [0.05, 0.1) is 38.5 Å². The van der Waals surface area contributed by atoms with Gasteiger partial charge in [-0.1, -0.05) is 0 Å². The lowest BCUT2D eigenvalue weighted by molar-refractivity contribution is 0.0663. The maximum atomic E-state index is 13.0. The minimum Gasteiger partial charge on any atom is -0.377 e. The average Bonchev–Trinajstić information content (AvgIpc) is 3.09. The lowest BCUT2D eigenvalue weighted by Gasteiger charge is -2.36. The molecule has 4 heterocycles. The first kappa shape index (κ1) is 32.6. The number of nitrogens with one attached hydrogen (secondary N) is 2. The molecule has 47 heavy (non-hydrogen) atoms. The van der Waals surface area contributed by atoms with E-state index in [1.807, 2.05) is 29.2 Å². The zero-order chi connectivity index (χ0) is 32.9. The Bertz CT molecular complexity index is 1490. The zero-order valence-corrected chi connectivity index (χ0v) is 27.7. The van der Waals surface area contributed by atoms with E-state index >= 15 is 0 Å². The Labute approximate surface area is 276 Å². The third kappa shape index (κ3) is 7.80. The Kier molecular flexibility index (Phi) is 10.1. The molecule has 0 radical (unpaired) electrons. The van der Waals surface area contributed by atoms with Crippen molar-refractivity contribution in [3.63, 3.8) is 0 Å². The molecule has 250 valence electrons. The molecular weight excluding hydrogens is 598 g/mol. The number of amides is 3. The predicted molar refractivity (Wildman–Crippen MR) is 182 cm³/mol. The molecule has 3 saturated heterocycles. The number of carbonyl (C=O) groups excluding carboxylic acids is 2. The largest absolute Gasteiger partial charge is 0.377 e. The fraction of sp³-hybridized carbons (Fsp3) is 0.500. The number of hydrogen-bond donors (Lipinski definition) is 2. The summed E-state index contributed by atoms with van der Waals surface area (Å²) in [5, 5.41) is 5.73. The SMILES string of the molecule is CC1COCCN1c1nc(-c2ccc(NC(=O)Nc3ccc(C(=O)N4CCC(N(C)C)CC4)cc3)cc2)nc(N2CCOCC2C)n1. The molecule has 2 aromatic carbocycles. The maximum absolute atomic E-state index is 13.0. The molecule has 0 spiro atoms. The lowest BCUT2D eigenvalue weighted by atomic mass is 10.0. The molecule has 3 aliphatic rings. The summed E-state index contributed by atoms with van der Waals surface area (Å²) in [4.78, 5) is 48.9. The van der Waals surface area contributed by atoms with Crippen molar-refractivity contribution in [2.75, 3.05) is 87.1 Å². The molecule has 6 rings (SSSR count). The van der Waals surface area contributed by atoms with Gasteiger partial charge in [0.2, 0.25) is 11.9 Å². The minimum absolute atomic E-state index is 0.0228. The van der Waals surface area contributed by atoms with Crippen LogP contribution in [0.25, 0.3) is 11.4 Å². The second kappa shape index (κ2) is 14.6. The number of piperidine rings is 1. The van der Waals surface area contributed by atoms with Gasteiger partial charge in [-0.05, 0) is 89.3 Å². The van der Waals surface area contributed by atoms with Gasteiger partial charge in [0.1, 0.15) is 0 Å². The molecule has 3 aromatic rings. The quantitative estimate of drug-likeness (QED) is 0.393. The molecule has 2 N–H and O–H groups in total. The second-order valence-corrected chi connectivity index (χ2v) is 12.7. The van der Waals surface area contributed by atoms with E-state index in [4.69, 9.17) is 24.4 Å². The first-order chi connectivity index (χ1) is 22.7. The number of likely N-dealkylation sites (tertiary alicyclic amines) is 1. The first-order valence-corrected chi connectivity index (χ1v) is 16.4. The van der Waals surface area contributed by atoms with E-state index in [-0.39, 0.29) is 24.0 Å². The van der Waals surface area contributed by atoms with Crippen LogP contribution in [-0.2, 0) is 9.47 Å². The van der Waals surface area contributed by atoms with Gasteiger partial charge in [-0.25, -0.2) is 4.79 Å². The molecule has 1 aromatic heterocycles. The van der Waals surface area contributed by atoms with Crippen molar-refractivity contribution in [1.29, 1.82) is 0 Å². The molecule has 13 heteroatoms. The van der Waals surface area contributed by atoms with Gasteiger partial charge < -0.3 is 39.7 Å². The van der Waals surface area contributed by atoms with E-state index in [0.717, 1.165) is 31.5 Å². The average molecular weight is 644 g/mol. The van der Waals surface area contributed by atoms with Crippen molar-refractivity contribution in [3.8, 4) is 11.4 Å². The highest BCUT2D eigenvalue weighted by molar-refractivity contribution is 6.00. The molecule has 3 amide bonds. The minimum atomic E-state index is -0.380. The zero-order valence-electron chi connectivity index (χ0n) is 27.7. The van der Waals surface area contributed by atoms with Gasteiger partial charge in [-0.15, -0.1) is 0 Å². The number of urea groups is 1. The van der Waals surface area contributed by atoms with Crippen molar-refractivity contribution < 1.29 is 19.1 Å². The molecule has 3 aliphatic heterocycles. The smallest absolute Gasteiger partial charge is 0.323 e. The van der Waals surface area contributed by atoms with E-state index in [0.29, 0.717) is 80.2 Å². The second-order valence-electron chi connectivity index (χ2n) is 12.7. The number of morpholine rings is 2. The van der Waals surface area contributed by atoms with E-state index in [9.17, 15) is 9.59 Å². The van der Waals surface area contributed by atoms with Crippen molar-refractivity contribution in [1.82, 2.24) is 24.8 Å². The van der Waals surface area contributed by atoms with Crippen molar-refractivity contribution in [2.24, 2.45) is 0 Å². The molecule has 0 saturated carbocycles. The number of carbonyl (C=O) groups is 2. The van der Waals surface area contributed by atoms with Gasteiger partial charge in [0, 0.05) is 54.7 Å². The summed E-state index contributed by atoms with van der Waals surface area (Å²) >= 11 is 0. The fourth-order valence-electron chi connectivity index (χ4n) is 6.25. The molecule has 2 atom stereocenters. The topological polar surface area (TPSA) is 128 Å². The van der Waals surface area contributed by atoms with Crippen LogP contribution in [0.4, 0.5) is 28.1 Å². The molecule has 0 aliphatic carbocycles. The van der Waals surface area contributed by atoms with Crippen LogP contribution in [0.15, 0.2) is 48.5 Å². The van der Waals surface area contributed by atoms with Crippen LogP contribution >= 0.6 is 0 Å². The molecular formula is C34H45N9O4. The number of ether oxygens (including phenoxy) is 2. The van der Waals surface area contributed by atoms with Crippen molar-refractivity contribution in [2.45, 2.75) is 44.8 Å². The third-order valence-corrected chi connectivity index (χ3v) is 9.13. The fourth-order valence-corrected chi connectivity index (χ4v) is 6.25. The number of benzene rings is 2. The third-order valence-electron chi connectivity index (χ3n) is 9.13. The van der Waals surface area contributed by atoms with Gasteiger partial charge in [0.15, 0.2) is 5.82 Å². The standard InChI is InChI=1S/C34H45N9O4/c1-23-21-46-19-17-42(23)32-37-30(38-33(39-32)43-18-20-47-22-24(43)2)25-5-9-27(10-6-25)35-34(45)36-28-11-7-26(8-12-28)31(44)41-15-13-29(14-16-41)40(3)4/h5-12,23-24,29H,13-22H2,1-4H3,(H2,35,36,45). The van der Waals surface area contributed by atoms with Crippen molar-refractivity contribution >= 4 is 35.2 Å². The monoisotopic (exact) mass is 643 g/mol. The summed E-state index contributed by atoms with van der Waals surface area (Å²) in [6.07, 6.45) is 1.94. The summed E-state index contributed by atoms with van der Waals surface area (Å²) in [6, 6.07) is 14.9. The molecule has 3 fully saturated rings. The first-order valence-electron chi connectivity index (χ1n) is 16.4. The van der Waals surface area contributed by atoms with Crippen LogP contribution in [0.5, 0.6) is 0 Å². The summed E-state index contributed by atoms with van der Waals surface area (Å²) in [5.41, 5.74) is 2.65. The van der Waals surface area contributed by atoms with Crippen LogP contribution in [0.3, 0.4) is 0 Å². The van der Waals surface area contributed by atoms with Crippen molar-refractivity contribution in [3.05, 3.63) is 54.1 Å². The maximum Gasteiger partial charge on any atom is 0.323 e. The Balaban J connectivity index is 1.10. The number of hydrogen-bond acceptors (Lipinski definition) is 10. The van der Waals surface area contributed by atoms with Gasteiger partial charge in [-0.3, -0.25) is 4.79 Å². The van der Waals surface area contributed by atoms with E-state index in [2.05, 4.69) is 53.3 Å². The van der Waals surface area contributed by atoms with E-state index in [1.54, 1.807) is 24.3 Å². The lowest BCUT2D eigenvalue weighted by Crippen LogP contribution is -2.46. The Morgan fingerprint density at radius 2 is 1.26 bits per heavy atom. The Morgan fingerprint density at radius 1 is 0.745 bits per heavy atom. The normalized spacial score (nSPS) is 20.7. The Morgan fingerprint density at radius 3 is 1.74 bits per heavy atom. The number of nitrogens with zero attached hydrogens (tertiary/aromatic N) is 7. The number of aromatic nitrogens is 3.